The quantitative estimate of drug-likeness (QED) is 0.543. The number of fused-ring (bicyclic) bond motifs is 3. The molecule has 2 aromatic heterocycles. The van der Waals surface area contributed by atoms with Crippen LogP contribution in [-0.2, 0) is 7.05 Å². The van der Waals surface area contributed by atoms with E-state index in [0.29, 0.717) is 27.3 Å². The van der Waals surface area contributed by atoms with E-state index in [1.165, 1.54) is 0 Å². The summed E-state index contributed by atoms with van der Waals surface area (Å²) in [7, 11) is 1.72. The van der Waals surface area contributed by atoms with Crippen molar-refractivity contribution in [2.45, 2.75) is 0 Å². The van der Waals surface area contributed by atoms with Gasteiger partial charge in [0.05, 0.1) is 10.9 Å². The molecule has 2 heterocycles. The second-order valence-electron chi connectivity index (χ2n) is 5.07. The smallest absolute Gasteiger partial charge is 0.261 e. The molecule has 0 saturated carbocycles. The van der Waals surface area contributed by atoms with Gasteiger partial charge >= 0.3 is 0 Å². The monoisotopic (exact) mass is 310 g/mol. The maximum absolute atomic E-state index is 12.6. The first-order valence-corrected chi connectivity index (χ1v) is 7.14. The summed E-state index contributed by atoms with van der Waals surface area (Å²) in [5, 5.41) is 9.59. The lowest BCUT2D eigenvalue weighted by molar-refractivity contribution is 0.823. The van der Waals surface area contributed by atoms with Gasteiger partial charge in [0.1, 0.15) is 5.69 Å². The van der Waals surface area contributed by atoms with Crippen molar-refractivity contribution in [2.75, 3.05) is 0 Å². The lowest BCUT2D eigenvalue weighted by Gasteiger charge is -2.07. The molecule has 0 saturated heterocycles. The van der Waals surface area contributed by atoms with E-state index in [2.05, 4.69) is 10.3 Å². The third-order valence-electron chi connectivity index (χ3n) is 3.73. The van der Waals surface area contributed by atoms with Crippen LogP contribution in [0.5, 0.6) is 0 Å². The highest BCUT2D eigenvalue weighted by atomic mass is 35.5. The van der Waals surface area contributed by atoms with Crippen molar-refractivity contribution < 1.29 is 0 Å². The van der Waals surface area contributed by atoms with Crippen LogP contribution in [0.25, 0.3) is 27.8 Å². The van der Waals surface area contributed by atoms with Crippen LogP contribution in [0, 0.1) is 0 Å². The number of aryl methyl sites for hydroxylation is 1. The fourth-order valence-electron chi connectivity index (χ4n) is 2.66. The van der Waals surface area contributed by atoms with Crippen LogP contribution in [-0.4, -0.2) is 19.4 Å². The van der Waals surface area contributed by atoms with Gasteiger partial charge in [-0.05, 0) is 18.2 Å². The fourth-order valence-corrected chi connectivity index (χ4v) is 2.83. The van der Waals surface area contributed by atoms with Crippen LogP contribution < -0.4 is 5.56 Å². The zero-order chi connectivity index (χ0) is 15.3. The van der Waals surface area contributed by atoms with Crippen molar-refractivity contribution >= 4 is 28.2 Å². The Morgan fingerprint density at radius 3 is 2.64 bits per heavy atom. The molecule has 0 aliphatic carbocycles. The first-order valence-electron chi connectivity index (χ1n) is 6.76. The van der Waals surface area contributed by atoms with Gasteiger partial charge in [-0.1, -0.05) is 47.1 Å². The molecule has 5 nitrogen and oxygen atoms in total. The molecule has 0 unspecified atom stereocenters. The molecular weight excluding hydrogens is 300 g/mol. The van der Waals surface area contributed by atoms with E-state index in [4.69, 9.17) is 11.6 Å². The number of benzene rings is 2. The van der Waals surface area contributed by atoms with Crippen LogP contribution >= 0.6 is 11.6 Å². The van der Waals surface area contributed by atoms with Gasteiger partial charge in [0.25, 0.3) is 5.56 Å². The molecule has 108 valence electrons. The number of aromatic nitrogens is 4. The zero-order valence-electron chi connectivity index (χ0n) is 11.7. The number of rotatable bonds is 1. The minimum Gasteiger partial charge on any atom is -0.294 e. The average molecular weight is 311 g/mol. The third kappa shape index (κ3) is 1.76. The van der Waals surface area contributed by atoms with E-state index in [-0.39, 0.29) is 5.56 Å². The summed E-state index contributed by atoms with van der Waals surface area (Å²) < 4.78 is 3.23. The molecular formula is C16H11ClN4O. The Bertz CT molecular complexity index is 1070. The van der Waals surface area contributed by atoms with Crippen LogP contribution in [0.1, 0.15) is 0 Å². The standard InChI is InChI=1S/C16H11ClN4O/c1-20-15-14(10-5-3-2-4-6-10)18-19-21(15)13-9-11(17)7-8-12(13)16(20)22/h2-9H,1H3. The second kappa shape index (κ2) is 4.68. The minimum atomic E-state index is -0.0985. The minimum absolute atomic E-state index is 0.0985. The maximum Gasteiger partial charge on any atom is 0.261 e. The van der Waals surface area contributed by atoms with Crippen LogP contribution in [0.3, 0.4) is 0 Å². The SMILES string of the molecule is Cn1c(=O)c2ccc(Cl)cc2n2nnc(-c3ccccc3)c12. The number of hydrogen-bond acceptors (Lipinski definition) is 3. The normalized spacial score (nSPS) is 11.4. The summed E-state index contributed by atoms with van der Waals surface area (Å²) in [6.07, 6.45) is 0. The van der Waals surface area contributed by atoms with Crippen molar-refractivity contribution in [3.05, 3.63) is 63.9 Å². The molecule has 0 fully saturated rings. The van der Waals surface area contributed by atoms with Crippen molar-refractivity contribution in [1.82, 2.24) is 19.4 Å². The zero-order valence-corrected chi connectivity index (χ0v) is 12.4. The van der Waals surface area contributed by atoms with E-state index in [1.807, 2.05) is 30.3 Å². The maximum atomic E-state index is 12.6. The molecule has 0 atom stereocenters. The highest BCUT2D eigenvalue weighted by molar-refractivity contribution is 6.31. The van der Waals surface area contributed by atoms with Gasteiger partial charge in [-0.2, -0.15) is 4.52 Å². The number of halogens is 1. The Kier molecular flexibility index (Phi) is 2.77. The summed E-state index contributed by atoms with van der Waals surface area (Å²) in [6, 6.07) is 14.8. The van der Waals surface area contributed by atoms with E-state index >= 15 is 0 Å². The van der Waals surface area contributed by atoms with Crippen molar-refractivity contribution in [3.63, 3.8) is 0 Å². The van der Waals surface area contributed by atoms with Gasteiger partial charge in [-0.15, -0.1) is 5.10 Å². The molecule has 0 bridgehead atoms. The molecule has 0 aliphatic rings. The topological polar surface area (TPSA) is 52.2 Å². The third-order valence-corrected chi connectivity index (χ3v) is 3.97. The van der Waals surface area contributed by atoms with Crippen molar-refractivity contribution in [2.24, 2.45) is 7.05 Å². The van der Waals surface area contributed by atoms with Crippen LogP contribution in [0.2, 0.25) is 5.02 Å². The first-order chi connectivity index (χ1) is 10.7. The first kappa shape index (κ1) is 13.0. The van der Waals surface area contributed by atoms with Crippen molar-refractivity contribution in [3.8, 4) is 11.3 Å². The Hall–Kier alpha value is -2.66. The highest BCUT2D eigenvalue weighted by Gasteiger charge is 2.16. The molecule has 4 aromatic rings. The van der Waals surface area contributed by atoms with E-state index in [9.17, 15) is 4.79 Å². The molecule has 6 heteroatoms. The largest absolute Gasteiger partial charge is 0.294 e. The van der Waals surface area contributed by atoms with Gasteiger partial charge in [0.2, 0.25) is 0 Å². The lowest BCUT2D eigenvalue weighted by atomic mass is 10.1. The van der Waals surface area contributed by atoms with Gasteiger partial charge in [-0.25, -0.2) is 0 Å². The predicted octanol–water partition coefficient (Wildman–Crippen LogP) is 2.90. The Labute approximate surface area is 130 Å². The molecule has 22 heavy (non-hydrogen) atoms. The van der Waals surface area contributed by atoms with E-state index < -0.39 is 0 Å². The summed E-state index contributed by atoms with van der Waals surface area (Å²) in [5.74, 6) is 0. The van der Waals surface area contributed by atoms with E-state index in [0.717, 1.165) is 5.56 Å². The molecule has 0 radical (unpaired) electrons. The molecule has 0 spiro atoms. The number of hydrogen-bond donors (Lipinski definition) is 0. The van der Waals surface area contributed by atoms with Gasteiger partial charge < -0.3 is 0 Å². The summed E-state index contributed by atoms with van der Waals surface area (Å²) >= 11 is 6.06. The molecule has 0 N–H and O–H groups in total. The highest BCUT2D eigenvalue weighted by Crippen LogP contribution is 2.24. The fraction of sp³-hybridized carbons (Fsp3) is 0.0625. The van der Waals surface area contributed by atoms with Crippen LogP contribution in [0.15, 0.2) is 53.3 Å². The molecule has 0 amide bonds. The van der Waals surface area contributed by atoms with Crippen molar-refractivity contribution in [1.29, 1.82) is 0 Å². The number of nitrogens with zero attached hydrogens (tertiary/aromatic N) is 4. The summed E-state index contributed by atoms with van der Waals surface area (Å²) in [6.45, 7) is 0. The Morgan fingerprint density at radius 2 is 1.86 bits per heavy atom. The van der Waals surface area contributed by atoms with E-state index in [1.54, 1.807) is 34.3 Å². The summed E-state index contributed by atoms with van der Waals surface area (Å²) in [4.78, 5) is 12.6. The lowest BCUT2D eigenvalue weighted by Crippen LogP contribution is -2.20. The molecule has 4 rings (SSSR count). The van der Waals surface area contributed by atoms with Gasteiger partial charge in [-0.3, -0.25) is 9.36 Å². The second-order valence-corrected chi connectivity index (χ2v) is 5.50. The summed E-state index contributed by atoms with van der Waals surface area (Å²) in [5.41, 5.74) is 2.78. The Balaban J connectivity index is 2.21. The van der Waals surface area contributed by atoms with Crippen LogP contribution in [0.4, 0.5) is 0 Å². The molecule has 2 aromatic carbocycles. The Morgan fingerprint density at radius 1 is 1.09 bits per heavy atom. The van der Waals surface area contributed by atoms with Gasteiger partial charge in [0, 0.05) is 17.6 Å². The molecule has 0 aliphatic heterocycles. The van der Waals surface area contributed by atoms with Gasteiger partial charge in [0.15, 0.2) is 5.65 Å². The average Bonchev–Trinajstić information content (AvgIpc) is 2.98. The predicted molar refractivity (Wildman–Crippen MR) is 86.2 cm³/mol.